The number of aryl methyl sites for hydroxylation is 1. The minimum Gasteiger partial charge on any atom is -0.368 e. The van der Waals surface area contributed by atoms with Crippen molar-refractivity contribution in [1.82, 2.24) is 9.97 Å². The van der Waals surface area contributed by atoms with Crippen LogP contribution in [0.15, 0.2) is 12.4 Å². The van der Waals surface area contributed by atoms with Crippen LogP contribution < -0.4 is 11.1 Å². The number of nitrogens with one attached hydrogen (secondary N) is 1. The third kappa shape index (κ3) is 2.32. The summed E-state index contributed by atoms with van der Waals surface area (Å²) >= 11 is 0. The lowest BCUT2D eigenvalue weighted by Crippen LogP contribution is -2.35. The molecule has 0 atom stereocenters. The summed E-state index contributed by atoms with van der Waals surface area (Å²) in [6, 6.07) is 0. The van der Waals surface area contributed by atoms with Crippen molar-refractivity contribution in [3.05, 3.63) is 18.1 Å². The third-order valence-corrected chi connectivity index (χ3v) is 3.61. The summed E-state index contributed by atoms with van der Waals surface area (Å²) in [5, 5.41) is 3.39. The van der Waals surface area contributed by atoms with Crippen molar-refractivity contribution < 1.29 is 0 Å². The Labute approximate surface area is 96.7 Å². The average Bonchev–Trinajstić information content (AvgIpc) is 2.78. The maximum atomic E-state index is 5.89. The van der Waals surface area contributed by atoms with Crippen molar-refractivity contribution in [3.8, 4) is 0 Å². The molecule has 1 heterocycles. The highest BCUT2D eigenvalue weighted by atomic mass is 15.0. The molecule has 0 amide bonds. The Kier molecular flexibility index (Phi) is 3.39. The minimum absolute atomic E-state index is 0.282. The Morgan fingerprint density at radius 1 is 1.31 bits per heavy atom. The van der Waals surface area contributed by atoms with Gasteiger partial charge in [0, 0.05) is 18.9 Å². The normalized spacial score (nSPS) is 18.6. The Bertz CT molecular complexity index is 345. The largest absolute Gasteiger partial charge is 0.368 e. The molecule has 4 heteroatoms. The maximum Gasteiger partial charge on any atom is 0.147 e. The van der Waals surface area contributed by atoms with Gasteiger partial charge in [-0.25, -0.2) is 4.98 Å². The summed E-state index contributed by atoms with van der Waals surface area (Å²) in [5.74, 6) is 0.891. The lowest BCUT2D eigenvalue weighted by molar-refractivity contribution is 0.331. The van der Waals surface area contributed by atoms with E-state index in [1.807, 2.05) is 6.92 Å². The molecule has 0 aliphatic heterocycles. The quantitative estimate of drug-likeness (QED) is 0.811. The van der Waals surface area contributed by atoms with Gasteiger partial charge in [0.1, 0.15) is 5.82 Å². The third-order valence-electron chi connectivity index (χ3n) is 3.61. The summed E-state index contributed by atoms with van der Waals surface area (Å²) in [6.07, 6.45) is 8.51. The first-order valence-electron chi connectivity index (χ1n) is 5.97. The van der Waals surface area contributed by atoms with Crippen molar-refractivity contribution in [1.29, 1.82) is 0 Å². The van der Waals surface area contributed by atoms with Crippen LogP contribution in [-0.4, -0.2) is 23.1 Å². The zero-order valence-corrected chi connectivity index (χ0v) is 9.87. The highest BCUT2D eigenvalue weighted by Gasteiger charge is 2.32. The first-order valence-corrected chi connectivity index (χ1v) is 5.97. The second kappa shape index (κ2) is 4.78. The number of aromatic nitrogens is 2. The van der Waals surface area contributed by atoms with Crippen LogP contribution in [0.1, 0.15) is 31.4 Å². The highest BCUT2D eigenvalue weighted by molar-refractivity contribution is 5.38. The molecule has 1 aliphatic rings. The van der Waals surface area contributed by atoms with Gasteiger partial charge < -0.3 is 11.1 Å². The maximum absolute atomic E-state index is 5.89. The van der Waals surface area contributed by atoms with E-state index in [1.165, 1.54) is 25.7 Å². The summed E-state index contributed by atoms with van der Waals surface area (Å²) < 4.78 is 0. The molecule has 4 nitrogen and oxygen atoms in total. The number of anilines is 1. The van der Waals surface area contributed by atoms with E-state index in [2.05, 4.69) is 15.3 Å². The molecule has 0 spiro atoms. The number of nitrogens with two attached hydrogens (primary N) is 1. The molecule has 0 saturated heterocycles. The molecule has 1 aliphatic carbocycles. The van der Waals surface area contributed by atoms with Gasteiger partial charge >= 0.3 is 0 Å². The lowest BCUT2D eigenvalue weighted by atomic mass is 9.86. The van der Waals surface area contributed by atoms with Gasteiger partial charge in [0.15, 0.2) is 0 Å². The standard InChI is InChI=1S/C12H20N4/c1-10-11(15-7-6-14-10)16-9-12(8-13)4-2-3-5-12/h6-7H,2-5,8-9,13H2,1H3,(H,15,16). The zero-order chi connectivity index (χ0) is 11.4. The number of nitrogens with zero attached hydrogens (tertiary/aromatic N) is 2. The molecular weight excluding hydrogens is 200 g/mol. The molecule has 88 valence electrons. The molecule has 1 fully saturated rings. The van der Waals surface area contributed by atoms with E-state index in [4.69, 9.17) is 5.73 Å². The smallest absolute Gasteiger partial charge is 0.147 e. The van der Waals surface area contributed by atoms with Gasteiger partial charge in [-0.3, -0.25) is 4.98 Å². The molecule has 0 radical (unpaired) electrons. The van der Waals surface area contributed by atoms with E-state index in [0.29, 0.717) is 0 Å². The van der Waals surface area contributed by atoms with Crippen LogP contribution in [0.2, 0.25) is 0 Å². The molecule has 1 aromatic rings. The van der Waals surface area contributed by atoms with Crippen molar-refractivity contribution in [2.24, 2.45) is 11.1 Å². The van der Waals surface area contributed by atoms with Crippen molar-refractivity contribution in [3.63, 3.8) is 0 Å². The fourth-order valence-electron chi connectivity index (χ4n) is 2.43. The summed E-state index contributed by atoms with van der Waals surface area (Å²) in [6.45, 7) is 3.65. The van der Waals surface area contributed by atoms with Crippen molar-refractivity contribution in [2.75, 3.05) is 18.4 Å². The highest BCUT2D eigenvalue weighted by Crippen LogP contribution is 2.37. The van der Waals surface area contributed by atoms with E-state index in [-0.39, 0.29) is 5.41 Å². The molecular formula is C12H20N4. The molecule has 0 aromatic carbocycles. The van der Waals surface area contributed by atoms with E-state index >= 15 is 0 Å². The zero-order valence-electron chi connectivity index (χ0n) is 9.87. The van der Waals surface area contributed by atoms with Gasteiger partial charge in [-0.15, -0.1) is 0 Å². The summed E-state index contributed by atoms with van der Waals surface area (Å²) in [4.78, 5) is 8.51. The number of hydrogen-bond donors (Lipinski definition) is 2. The molecule has 2 rings (SSSR count). The van der Waals surface area contributed by atoms with Crippen LogP contribution in [-0.2, 0) is 0 Å². The van der Waals surface area contributed by atoms with Gasteiger partial charge in [-0.05, 0) is 31.7 Å². The van der Waals surface area contributed by atoms with Gasteiger partial charge in [-0.1, -0.05) is 12.8 Å². The Morgan fingerprint density at radius 3 is 2.62 bits per heavy atom. The van der Waals surface area contributed by atoms with Crippen LogP contribution in [0.4, 0.5) is 5.82 Å². The topological polar surface area (TPSA) is 63.8 Å². The average molecular weight is 220 g/mol. The molecule has 0 bridgehead atoms. The van der Waals surface area contributed by atoms with Crippen LogP contribution in [0.5, 0.6) is 0 Å². The lowest BCUT2D eigenvalue weighted by Gasteiger charge is -2.27. The molecule has 1 aromatic heterocycles. The van der Waals surface area contributed by atoms with E-state index < -0.39 is 0 Å². The number of hydrogen-bond acceptors (Lipinski definition) is 4. The summed E-state index contributed by atoms with van der Waals surface area (Å²) in [7, 11) is 0. The van der Waals surface area contributed by atoms with Crippen LogP contribution in [0, 0.1) is 12.3 Å². The minimum atomic E-state index is 0.282. The Morgan fingerprint density at radius 2 is 2.00 bits per heavy atom. The SMILES string of the molecule is Cc1nccnc1NCC1(CN)CCCC1. The van der Waals surface area contributed by atoms with E-state index in [9.17, 15) is 0 Å². The predicted molar refractivity (Wildman–Crippen MR) is 65.2 cm³/mol. The van der Waals surface area contributed by atoms with Crippen molar-refractivity contribution >= 4 is 5.82 Å². The molecule has 16 heavy (non-hydrogen) atoms. The second-order valence-electron chi connectivity index (χ2n) is 4.76. The fourth-order valence-corrected chi connectivity index (χ4v) is 2.43. The fraction of sp³-hybridized carbons (Fsp3) is 0.667. The molecule has 3 N–H and O–H groups in total. The second-order valence-corrected chi connectivity index (χ2v) is 4.76. The van der Waals surface area contributed by atoms with Crippen molar-refractivity contribution in [2.45, 2.75) is 32.6 Å². The first-order chi connectivity index (χ1) is 7.76. The first kappa shape index (κ1) is 11.3. The van der Waals surface area contributed by atoms with E-state index in [1.54, 1.807) is 12.4 Å². The monoisotopic (exact) mass is 220 g/mol. The Hall–Kier alpha value is -1.16. The summed E-state index contributed by atoms with van der Waals surface area (Å²) in [5.41, 5.74) is 7.13. The van der Waals surface area contributed by atoms with Gasteiger partial charge in [0.25, 0.3) is 0 Å². The van der Waals surface area contributed by atoms with E-state index in [0.717, 1.165) is 24.6 Å². The van der Waals surface area contributed by atoms with Gasteiger partial charge in [0.05, 0.1) is 5.69 Å². The molecule has 1 saturated carbocycles. The van der Waals surface area contributed by atoms with Gasteiger partial charge in [-0.2, -0.15) is 0 Å². The van der Waals surface area contributed by atoms with Gasteiger partial charge in [0.2, 0.25) is 0 Å². The van der Waals surface area contributed by atoms with Crippen LogP contribution in [0.25, 0.3) is 0 Å². The Balaban J connectivity index is 1.98. The molecule has 0 unspecified atom stereocenters. The van der Waals surface area contributed by atoms with Crippen LogP contribution in [0.3, 0.4) is 0 Å². The number of rotatable bonds is 4. The predicted octanol–water partition coefficient (Wildman–Crippen LogP) is 1.72. The van der Waals surface area contributed by atoms with Crippen LogP contribution >= 0.6 is 0 Å².